The van der Waals surface area contributed by atoms with E-state index in [1.807, 2.05) is 14.1 Å². The van der Waals surface area contributed by atoms with Crippen LogP contribution in [-0.4, -0.2) is 24.2 Å². The minimum absolute atomic E-state index is 0.355. The predicted molar refractivity (Wildman–Crippen MR) is 83.1 cm³/mol. The molecule has 0 unspecified atom stereocenters. The van der Waals surface area contributed by atoms with Gasteiger partial charge in [0.05, 0.1) is 0 Å². The molecule has 1 N–H and O–H groups in total. The van der Waals surface area contributed by atoms with Crippen molar-refractivity contribution < 1.29 is 13.9 Å². The number of fused-ring (bicyclic) bond motifs is 1. The predicted octanol–water partition coefficient (Wildman–Crippen LogP) is 3.95. The van der Waals surface area contributed by atoms with E-state index >= 15 is 0 Å². The molecule has 0 fully saturated rings. The lowest BCUT2D eigenvalue weighted by Gasteiger charge is -2.16. The Morgan fingerprint density at radius 1 is 1.00 bits per heavy atom. The van der Waals surface area contributed by atoms with Crippen LogP contribution in [0.1, 0.15) is 0 Å². The largest absolute Gasteiger partial charge is 0.505 e. The van der Waals surface area contributed by atoms with E-state index in [9.17, 15) is 13.9 Å². The third-order valence-electron chi connectivity index (χ3n) is 3.51. The number of phenolic OH excluding ortho intramolecular Hbond substituents is 1. The summed E-state index contributed by atoms with van der Waals surface area (Å²) in [5.41, 5.74) is 1.25. The summed E-state index contributed by atoms with van der Waals surface area (Å²) in [5.74, 6) is -0.828. The Morgan fingerprint density at radius 2 is 1.77 bits per heavy atom. The van der Waals surface area contributed by atoms with Gasteiger partial charge >= 0.3 is 0 Å². The maximum atomic E-state index is 13.6. The molecule has 0 spiro atoms. The van der Waals surface area contributed by atoms with E-state index in [-0.39, 0.29) is 5.82 Å². The Morgan fingerprint density at radius 3 is 2.45 bits per heavy atom. The number of aromatic hydroxyl groups is 1. The van der Waals surface area contributed by atoms with Gasteiger partial charge in [0.1, 0.15) is 11.6 Å². The van der Waals surface area contributed by atoms with Crippen molar-refractivity contribution in [1.82, 2.24) is 4.98 Å². The number of phenols is 1. The lowest BCUT2D eigenvalue weighted by molar-refractivity contribution is 0.432. The molecule has 0 aliphatic heterocycles. The molecule has 0 aliphatic rings. The smallest absolute Gasteiger partial charge is 0.165 e. The van der Waals surface area contributed by atoms with Gasteiger partial charge in [0, 0.05) is 31.2 Å². The third kappa shape index (κ3) is 2.35. The highest BCUT2D eigenvalue weighted by molar-refractivity contribution is 6.01. The Kier molecular flexibility index (Phi) is 3.41. The molecule has 1 aromatic heterocycles. The van der Waals surface area contributed by atoms with Crippen LogP contribution in [0, 0.1) is 11.6 Å². The van der Waals surface area contributed by atoms with Crippen LogP contribution in [-0.2, 0) is 0 Å². The van der Waals surface area contributed by atoms with E-state index in [1.165, 1.54) is 24.3 Å². The first-order valence-corrected chi connectivity index (χ1v) is 6.72. The van der Waals surface area contributed by atoms with Crippen molar-refractivity contribution in [2.75, 3.05) is 19.0 Å². The number of pyridine rings is 1. The summed E-state index contributed by atoms with van der Waals surface area (Å²) < 4.78 is 27.2. The average molecular weight is 300 g/mol. The molecule has 0 saturated carbocycles. The first-order chi connectivity index (χ1) is 10.5. The zero-order chi connectivity index (χ0) is 15.9. The van der Waals surface area contributed by atoms with Gasteiger partial charge in [0.15, 0.2) is 11.6 Å². The first-order valence-electron chi connectivity index (χ1n) is 6.72. The van der Waals surface area contributed by atoms with Gasteiger partial charge < -0.3 is 10.0 Å². The molecule has 1 heterocycles. The molecule has 2 aromatic carbocycles. The number of nitrogens with zero attached hydrogens (tertiary/aromatic N) is 2. The van der Waals surface area contributed by atoms with Crippen molar-refractivity contribution in [3.63, 3.8) is 0 Å². The summed E-state index contributed by atoms with van der Waals surface area (Å²) >= 11 is 0. The van der Waals surface area contributed by atoms with Crippen LogP contribution in [0.4, 0.5) is 14.6 Å². The van der Waals surface area contributed by atoms with Gasteiger partial charge in [0.2, 0.25) is 0 Å². The number of rotatable bonds is 2. The lowest BCUT2D eigenvalue weighted by atomic mass is 10.00. The molecular weight excluding hydrogens is 286 g/mol. The number of aromatic nitrogens is 1. The number of benzene rings is 2. The van der Waals surface area contributed by atoms with Crippen LogP contribution in [0.3, 0.4) is 0 Å². The normalized spacial score (nSPS) is 10.9. The number of anilines is 1. The van der Waals surface area contributed by atoms with Gasteiger partial charge in [-0.1, -0.05) is 12.1 Å². The molecule has 0 amide bonds. The molecule has 0 bridgehead atoms. The summed E-state index contributed by atoms with van der Waals surface area (Å²) in [5, 5.41) is 10.7. The Bertz CT molecular complexity index is 863. The SMILES string of the molecule is CN(C)c1ncc(-c2ccc(O)c(F)c2)c2ccc(F)cc12. The Labute approximate surface area is 126 Å². The van der Waals surface area contributed by atoms with E-state index in [2.05, 4.69) is 4.98 Å². The lowest BCUT2D eigenvalue weighted by Crippen LogP contribution is -2.11. The summed E-state index contributed by atoms with van der Waals surface area (Å²) in [4.78, 5) is 6.14. The van der Waals surface area contributed by atoms with Crippen molar-refractivity contribution in [2.45, 2.75) is 0 Å². The van der Waals surface area contributed by atoms with E-state index in [0.29, 0.717) is 22.3 Å². The second-order valence-corrected chi connectivity index (χ2v) is 5.25. The highest BCUT2D eigenvalue weighted by Gasteiger charge is 2.13. The fourth-order valence-corrected chi connectivity index (χ4v) is 2.46. The Hall–Kier alpha value is -2.69. The molecule has 3 nitrogen and oxygen atoms in total. The maximum absolute atomic E-state index is 13.6. The van der Waals surface area contributed by atoms with Crippen LogP contribution in [0.25, 0.3) is 21.9 Å². The second-order valence-electron chi connectivity index (χ2n) is 5.25. The van der Waals surface area contributed by atoms with Gasteiger partial charge in [0.25, 0.3) is 0 Å². The Balaban J connectivity index is 2.31. The van der Waals surface area contributed by atoms with E-state index in [1.54, 1.807) is 23.2 Å². The van der Waals surface area contributed by atoms with Crippen molar-refractivity contribution in [3.8, 4) is 16.9 Å². The molecule has 5 heteroatoms. The van der Waals surface area contributed by atoms with Crippen LogP contribution in [0.2, 0.25) is 0 Å². The van der Waals surface area contributed by atoms with Crippen LogP contribution >= 0.6 is 0 Å². The number of hydrogen-bond acceptors (Lipinski definition) is 3. The van der Waals surface area contributed by atoms with Crippen LogP contribution < -0.4 is 4.90 Å². The molecule has 0 radical (unpaired) electrons. The molecule has 112 valence electrons. The van der Waals surface area contributed by atoms with Gasteiger partial charge in [-0.15, -0.1) is 0 Å². The fourth-order valence-electron chi connectivity index (χ4n) is 2.46. The zero-order valence-electron chi connectivity index (χ0n) is 12.1. The molecule has 3 aromatic rings. The minimum atomic E-state index is -0.704. The second kappa shape index (κ2) is 5.26. The number of halogens is 2. The molecule has 0 saturated heterocycles. The van der Waals surface area contributed by atoms with E-state index in [0.717, 1.165) is 5.39 Å². The van der Waals surface area contributed by atoms with Gasteiger partial charge in [-0.25, -0.2) is 13.8 Å². The third-order valence-corrected chi connectivity index (χ3v) is 3.51. The topological polar surface area (TPSA) is 36.4 Å². The van der Waals surface area contributed by atoms with Crippen molar-refractivity contribution in [1.29, 1.82) is 0 Å². The highest BCUT2D eigenvalue weighted by atomic mass is 19.1. The molecule has 22 heavy (non-hydrogen) atoms. The van der Waals surface area contributed by atoms with Gasteiger partial charge in [-0.3, -0.25) is 0 Å². The summed E-state index contributed by atoms with van der Waals surface area (Å²) in [6.07, 6.45) is 1.63. The average Bonchev–Trinajstić information content (AvgIpc) is 2.48. The summed E-state index contributed by atoms with van der Waals surface area (Å²) in [6, 6.07) is 8.57. The van der Waals surface area contributed by atoms with Gasteiger partial charge in [-0.05, 0) is 35.2 Å². The van der Waals surface area contributed by atoms with E-state index in [4.69, 9.17) is 0 Å². The molecular formula is C17H14F2N2O. The quantitative estimate of drug-likeness (QED) is 0.778. The monoisotopic (exact) mass is 300 g/mol. The van der Waals surface area contributed by atoms with Crippen molar-refractivity contribution >= 4 is 16.6 Å². The minimum Gasteiger partial charge on any atom is -0.505 e. The van der Waals surface area contributed by atoms with Crippen LogP contribution in [0.15, 0.2) is 42.6 Å². The molecule has 3 rings (SSSR count). The fraction of sp³-hybridized carbons (Fsp3) is 0.118. The van der Waals surface area contributed by atoms with Crippen molar-refractivity contribution in [2.24, 2.45) is 0 Å². The van der Waals surface area contributed by atoms with Crippen molar-refractivity contribution in [3.05, 3.63) is 54.2 Å². The summed E-state index contributed by atoms with van der Waals surface area (Å²) in [6.45, 7) is 0. The van der Waals surface area contributed by atoms with Crippen LogP contribution in [0.5, 0.6) is 5.75 Å². The van der Waals surface area contributed by atoms with E-state index < -0.39 is 11.6 Å². The first kappa shape index (κ1) is 14.3. The van der Waals surface area contributed by atoms with Gasteiger partial charge in [-0.2, -0.15) is 0 Å². The standard InChI is InChI=1S/C17H14F2N2O/c1-21(2)17-13-8-11(18)4-5-12(13)14(9-20-17)10-3-6-16(22)15(19)7-10/h3-9,22H,1-2H3. The zero-order valence-corrected chi connectivity index (χ0v) is 12.1. The maximum Gasteiger partial charge on any atom is 0.165 e. The summed E-state index contributed by atoms with van der Waals surface area (Å²) in [7, 11) is 3.65. The molecule has 0 atom stereocenters. The highest BCUT2D eigenvalue weighted by Crippen LogP contribution is 2.34. The molecule has 0 aliphatic carbocycles. The number of hydrogen-bond donors (Lipinski definition) is 1.